The molecule has 0 saturated carbocycles. The molecule has 0 aromatic carbocycles. The van der Waals surface area contributed by atoms with E-state index in [2.05, 4.69) is 20.1 Å². The van der Waals surface area contributed by atoms with E-state index in [0.717, 1.165) is 49.0 Å². The van der Waals surface area contributed by atoms with Gasteiger partial charge in [-0.1, -0.05) is 0 Å². The summed E-state index contributed by atoms with van der Waals surface area (Å²) in [6, 6.07) is 7.79. The maximum Gasteiger partial charge on any atom is 0.247 e. The topological polar surface area (TPSA) is 68.2 Å². The first-order valence-electron chi connectivity index (χ1n) is 7.79. The Morgan fingerprint density at radius 2 is 2.00 bits per heavy atom. The summed E-state index contributed by atoms with van der Waals surface area (Å²) in [5, 5.41) is 8.39. The van der Waals surface area contributed by atoms with Crippen LogP contribution in [0.3, 0.4) is 0 Å². The molecule has 6 nitrogen and oxygen atoms in total. The Labute approximate surface area is 134 Å². The van der Waals surface area contributed by atoms with Crippen molar-refractivity contribution in [2.24, 2.45) is 0 Å². The third-order valence-corrected chi connectivity index (χ3v) is 4.16. The Bertz CT molecular complexity index is 781. The van der Waals surface area contributed by atoms with E-state index in [1.165, 1.54) is 0 Å². The summed E-state index contributed by atoms with van der Waals surface area (Å²) in [6.07, 6.45) is 4.47. The molecule has 1 aliphatic heterocycles. The van der Waals surface area contributed by atoms with E-state index in [4.69, 9.17) is 8.83 Å². The van der Waals surface area contributed by atoms with Crippen LogP contribution in [0, 0.1) is 6.92 Å². The van der Waals surface area contributed by atoms with E-state index in [1.807, 2.05) is 31.2 Å². The molecule has 0 aliphatic carbocycles. The van der Waals surface area contributed by atoms with Crippen molar-refractivity contribution in [3.05, 3.63) is 54.1 Å². The van der Waals surface area contributed by atoms with Crippen LogP contribution in [0.5, 0.6) is 0 Å². The van der Waals surface area contributed by atoms with Gasteiger partial charge < -0.3 is 8.83 Å². The first-order chi connectivity index (χ1) is 11.3. The lowest BCUT2D eigenvalue weighted by molar-refractivity contribution is 0.287. The van der Waals surface area contributed by atoms with Gasteiger partial charge >= 0.3 is 0 Å². The van der Waals surface area contributed by atoms with E-state index in [9.17, 15) is 0 Å². The second-order valence-corrected chi connectivity index (χ2v) is 5.91. The Balaban J connectivity index is 1.43. The lowest BCUT2D eigenvalue weighted by Gasteiger charge is -2.12. The predicted octanol–water partition coefficient (Wildman–Crippen LogP) is 3.02. The van der Waals surface area contributed by atoms with Gasteiger partial charge in [0.2, 0.25) is 11.8 Å². The van der Waals surface area contributed by atoms with Crippen molar-refractivity contribution < 1.29 is 8.83 Å². The van der Waals surface area contributed by atoms with E-state index in [-0.39, 0.29) is 5.92 Å². The van der Waals surface area contributed by atoms with Crippen molar-refractivity contribution >= 4 is 0 Å². The third kappa shape index (κ3) is 3.03. The summed E-state index contributed by atoms with van der Waals surface area (Å²) in [5.74, 6) is 3.52. The molecule has 1 atom stereocenters. The Morgan fingerprint density at radius 1 is 1.13 bits per heavy atom. The zero-order valence-electron chi connectivity index (χ0n) is 13.0. The van der Waals surface area contributed by atoms with Crippen LogP contribution in [-0.2, 0) is 6.54 Å². The van der Waals surface area contributed by atoms with Crippen LogP contribution in [0.25, 0.3) is 11.5 Å². The van der Waals surface area contributed by atoms with Crippen molar-refractivity contribution in [2.75, 3.05) is 13.1 Å². The zero-order valence-corrected chi connectivity index (χ0v) is 13.0. The zero-order chi connectivity index (χ0) is 15.6. The van der Waals surface area contributed by atoms with Crippen LogP contribution in [0.4, 0.5) is 0 Å². The SMILES string of the molecule is Cc1ccc(CN2CC[C@H](c3nnc(-c4ccncc4)o3)C2)o1. The predicted molar refractivity (Wildman–Crippen MR) is 83.6 cm³/mol. The number of rotatable bonds is 4. The molecule has 0 amide bonds. The first-order valence-corrected chi connectivity index (χ1v) is 7.79. The van der Waals surface area contributed by atoms with Gasteiger partial charge in [-0.25, -0.2) is 0 Å². The highest BCUT2D eigenvalue weighted by Crippen LogP contribution is 2.29. The number of nitrogens with zero attached hydrogens (tertiary/aromatic N) is 4. The Hall–Kier alpha value is -2.47. The molecule has 1 fully saturated rings. The molecule has 1 saturated heterocycles. The smallest absolute Gasteiger partial charge is 0.247 e. The van der Waals surface area contributed by atoms with Gasteiger partial charge in [-0.3, -0.25) is 9.88 Å². The lowest BCUT2D eigenvalue weighted by Crippen LogP contribution is -2.19. The molecular weight excluding hydrogens is 292 g/mol. The van der Waals surface area contributed by atoms with E-state index >= 15 is 0 Å². The van der Waals surface area contributed by atoms with Gasteiger partial charge in [-0.15, -0.1) is 10.2 Å². The molecule has 0 spiro atoms. The van der Waals surface area contributed by atoms with Gasteiger partial charge in [0.1, 0.15) is 11.5 Å². The Morgan fingerprint density at radius 3 is 2.78 bits per heavy atom. The van der Waals surface area contributed by atoms with E-state index in [0.29, 0.717) is 5.89 Å². The number of aromatic nitrogens is 3. The van der Waals surface area contributed by atoms with Crippen molar-refractivity contribution in [3.63, 3.8) is 0 Å². The summed E-state index contributed by atoms with van der Waals surface area (Å²) in [6.45, 7) is 4.72. The number of furan rings is 1. The highest BCUT2D eigenvalue weighted by atomic mass is 16.4. The molecule has 0 N–H and O–H groups in total. The van der Waals surface area contributed by atoms with Gasteiger partial charge in [-0.05, 0) is 44.2 Å². The lowest BCUT2D eigenvalue weighted by atomic mass is 10.1. The molecule has 118 valence electrons. The summed E-state index contributed by atoms with van der Waals surface area (Å²) < 4.78 is 11.5. The van der Waals surface area contributed by atoms with Gasteiger partial charge in [0.25, 0.3) is 0 Å². The van der Waals surface area contributed by atoms with Gasteiger partial charge in [0, 0.05) is 24.5 Å². The standard InChI is InChI=1S/C17H18N4O2/c1-12-2-3-15(22-12)11-21-9-6-14(10-21)17-20-19-16(23-17)13-4-7-18-8-5-13/h2-5,7-8,14H,6,9-11H2,1H3/t14-/m0/s1. The molecule has 0 unspecified atom stereocenters. The third-order valence-electron chi connectivity index (χ3n) is 4.16. The molecule has 3 aromatic heterocycles. The quantitative estimate of drug-likeness (QED) is 0.738. The number of hydrogen-bond donors (Lipinski definition) is 0. The van der Waals surface area contributed by atoms with Crippen LogP contribution in [0.15, 0.2) is 45.5 Å². The molecule has 4 heterocycles. The molecule has 1 aliphatic rings. The molecule has 6 heteroatoms. The van der Waals surface area contributed by atoms with Crippen LogP contribution < -0.4 is 0 Å². The maximum absolute atomic E-state index is 5.86. The monoisotopic (exact) mass is 310 g/mol. The molecule has 3 aromatic rings. The highest BCUT2D eigenvalue weighted by molar-refractivity contribution is 5.50. The number of hydrogen-bond acceptors (Lipinski definition) is 6. The van der Waals surface area contributed by atoms with E-state index in [1.54, 1.807) is 12.4 Å². The van der Waals surface area contributed by atoms with Crippen molar-refractivity contribution in [1.29, 1.82) is 0 Å². The molecule has 23 heavy (non-hydrogen) atoms. The van der Waals surface area contributed by atoms with Gasteiger partial charge in [0.15, 0.2) is 0 Å². The normalized spacial score (nSPS) is 18.6. The maximum atomic E-state index is 5.86. The number of pyridine rings is 1. The van der Waals surface area contributed by atoms with Gasteiger partial charge in [-0.2, -0.15) is 0 Å². The van der Waals surface area contributed by atoms with E-state index < -0.39 is 0 Å². The average molecular weight is 310 g/mol. The molecule has 4 rings (SSSR count). The summed E-state index contributed by atoms with van der Waals surface area (Å²) in [4.78, 5) is 6.36. The summed E-state index contributed by atoms with van der Waals surface area (Å²) >= 11 is 0. The number of aryl methyl sites for hydroxylation is 1. The van der Waals surface area contributed by atoms with Crippen LogP contribution in [-0.4, -0.2) is 33.2 Å². The summed E-state index contributed by atoms with van der Waals surface area (Å²) in [5.41, 5.74) is 0.902. The van der Waals surface area contributed by atoms with Crippen LogP contribution in [0.1, 0.15) is 29.7 Å². The molecule has 0 radical (unpaired) electrons. The van der Waals surface area contributed by atoms with Gasteiger partial charge in [0.05, 0.1) is 12.5 Å². The van der Waals surface area contributed by atoms with Crippen molar-refractivity contribution in [3.8, 4) is 11.5 Å². The molecule has 0 bridgehead atoms. The largest absolute Gasteiger partial charge is 0.465 e. The average Bonchev–Trinajstić information content (AvgIpc) is 3.29. The second-order valence-electron chi connectivity index (χ2n) is 5.91. The van der Waals surface area contributed by atoms with Crippen molar-refractivity contribution in [2.45, 2.75) is 25.8 Å². The second kappa shape index (κ2) is 5.96. The Kier molecular flexibility index (Phi) is 3.67. The van der Waals surface area contributed by atoms with Crippen LogP contribution >= 0.6 is 0 Å². The fraction of sp³-hybridized carbons (Fsp3) is 0.353. The van der Waals surface area contributed by atoms with Crippen LogP contribution in [0.2, 0.25) is 0 Å². The minimum atomic E-state index is 0.286. The highest BCUT2D eigenvalue weighted by Gasteiger charge is 2.28. The number of likely N-dealkylation sites (tertiary alicyclic amines) is 1. The fourth-order valence-corrected chi connectivity index (χ4v) is 2.98. The first kappa shape index (κ1) is 14.1. The minimum Gasteiger partial charge on any atom is -0.465 e. The van der Waals surface area contributed by atoms with Crippen molar-refractivity contribution in [1.82, 2.24) is 20.1 Å². The fourth-order valence-electron chi connectivity index (χ4n) is 2.98. The molecular formula is C17H18N4O2. The minimum absolute atomic E-state index is 0.286. The summed E-state index contributed by atoms with van der Waals surface area (Å²) in [7, 11) is 0.